The lowest BCUT2D eigenvalue weighted by Crippen LogP contribution is -2.10. The Labute approximate surface area is 95.1 Å². The molecular weight excluding hydrogens is 200 g/mol. The van der Waals surface area contributed by atoms with E-state index >= 15 is 0 Å². The van der Waals surface area contributed by atoms with Gasteiger partial charge in [0.15, 0.2) is 0 Å². The van der Waals surface area contributed by atoms with E-state index < -0.39 is 0 Å². The Bertz CT molecular complexity index is 459. The van der Waals surface area contributed by atoms with Crippen molar-refractivity contribution in [2.24, 2.45) is 5.73 Å². The van der Waals surface area contributed by atoms with Crippen molar-refractivity contribution < 1.29 is 0 Å². The topological polar surface area (TPSA) is 56.7 Å². The SMILES string of the molecule is CC(C)n1nc(-c2ccncc2)cc1CN. The second-order valence-corrected chi connectivity index (χ2v) is 4.00. The molecule has 0 spiro atoms. The van der Waals surface area contributed by atoms with Gasteiger partial charge < -0.3 is 5.73 Å². The summed E-state index contributed by atoms with van der Waals surface area (Å²) in [4.78, 5) is 4.00. The third-order valence-corrected chi connectivity index (χ3v) is 2.49. The molecule has 2 heterocycles. The van der Waals surface area contributed by atoms with Crippen molar-refractivity contribution in [3.05, 3.63) is 36.3 Å². The summed E-state index contributed by atoms with van der Waals surface area (Å²) in [7, 11) is 0. The summed E-state index contributed by atoms with van der Waals surface area (Å²) in [5, 5.41) is 4.56. The highest BCUT2D eigenvalue weighted by molar-refractivity contribution is 5.58. The molecule has 2 aromatic heterocycles. The molecule has 4 heteroatoms. The molecule has 0 saturated heterocycles. The summed E-state index contributed by atoms with van der Waals surface area (Å²) in [5.74, 6) is 0. The molecule has 0 radical (unpaired) electrons. The first-order chi connectivity index (χ1) is 7.72. The van der Waals surface area contributed by atoms with Gasteiger partial charge in [-0.05, 0) is 32.0 Å². The van der Waals surface area contributed by atoms with Crippen LogP contribution in [0.1, 0.15) is 25.6 Å². The number of nitrogens with zero attached hydrogens (tertiary/aromatic N) is 3. The number of nitrogens with two attached hydrogens (primary N) is 1. The van der Waals surface area contributed by atoms with Gasteiger partial charge in [-0.15, -0.1) is 0 Å². The summed E-state index contributed by atoms with van der Waals surface area (Å²) in [6.45, 7) is 4.71. The first kappa shape index (κ1) is 10.8. The van der Waals surface area contributed by atoms with Gasteiger partial charge in [-0.2, -0.15) is 5.10 Å². The Balaban J connectivity index is 2.44. The molecule has 84 valence electrons. The summed E-state index contributed by atoms with van der Waals surface area (Å²) in [6, 6.07) is 6.27. The van der Waals surface area contributed by atoms with Gasteiger partial charge in [0.25, 0.3) is 0 Å². The lowest BCUT2D eigenvalue weighted by atomic mass is 10.2. The third-order valence-electron chi connectivity index (χ3n) is 2.49. The molecular formula is C12H16N4. The highest BCUT2D eigenvalue weighted by Gasteiger charge is 2.10. The van der Waals surface area contributed by atoms with Crippen molar-refractivity contribution in [2.75, 3.05) is 0 Å². The van der Waals surface area contributed by atoms with Gasteiger partial charge in [0.05, 0.1) is 11.4 Å². The molecule has 0 bridgehead atoms. The molecule has 2 N–H and O–H groups in total. The fourth-order valence-electron chi connectivity index (χ4n) is 1.70. The maximum Gasteiger partial charge on any atom is 0.0927 e. The number of hydrogen-bond acceptors (Lipinski definition) is 3. The van der Waals surface area contributed by atoms with Crippen LogP contribution < -0.4 is 5.73 Å². The lowest BCUT2D eigenvalue weighted by molar-refractivity contribution is 0.511. The Morgan fingerprint density at radius 1 is 1.31 bits per heavy atom. The molecule has 0 unspecified atom stereocenters. The smallest absolute Gasteiger partial charge is 0.0927 e. The van der Waals surface area contributed by atoms with Crippen LogP contribution >= 0.6 is 0 Å². The van der Waals surface area contributed by atoms with Crippen LogP contribution in [0.3, 0.4) is 0 Å². The molecule has 0 aliphatic rings. The van der Waals surface area contributed by atoms with Crippen molar-refractivity contribution >= 4 is 0 Å². The maximum atomic E-state index is 5.71. The van der Waals surface area contributed by atoms with E-state index in [0.29, 0.717) is 12.6 Å². The van der Waals surface area contributed by atoms with E-state index in [1.54, 1.807) is 12.4 Å². The Morgan fingerprint density at radius 2 is 2.00 bits per heavy atom. The fraction of sp³-hybridized carbons (Fsp3) is 0.333. The summed E-state index contributed by atoms with van der Waals surface area (Å²) in [6.07, 6.45) is 3.54. The first-order valence-electron chi connectivity index (χ1n) is 5.41. The summed E-state index contributed by atoms with van der Waals surface area (Å²) < 4.78 is 1.97. The van der Waals surface area contributed by atoms with Gasteiger partial charge in [-0.25, -0.2) is 0 Å². The van der Waals surface area contributed by atoms with Crippen molar-refractivity contribution in [2.45, 2.75) is 26.4 Å². The number of hydrogen-bond donors (Lipinski definition) is 1. The van der Waals surface area contributed by atoms with Gasteiger partial charge >= 0.3 is 0 Å². The number of pyridine rings is 1. The minimum absolute atomic E-state index is 0.328. The Hall–Kier alpha value is -1.68. The van der Waals surface area contributed by atoms with Crippen molar-refractivity contribution in [1.82, 2.24) is 14.8 Å². The molecule has 0 aromatic carbocycles. The van der Waals surface area contributed by atoms with Crippen molar-refractivity contribution in [3.63, 3.8) is 0 Å². The van der Waals surface area contributed by atoms with E-state index in [-0.39, 0.29) is 0 Å². The predicted octanol–water partition coefficient (Wildman–Crippen LogP) is 1.98. The number of rotatable bonds is 3. The van der Waals surface area contributed by atoms with Gasteiger partial charge in [-0.1, -0.05) is 0 Å². The highest BCUT2D eigenvalue weighted by Crippen LogP contribution is 2.20. The minimum Gasteiger partial charge on any atom is -0.325 e. The fourth-order valence-corrected chi connectivity index (χ4v) is 1.70. The third kappa shape index (κ3) is 1.97. The molecule has 0 aliphatic carbocycles. The second kappa shape index (κ2) is 4.45. The molecule has 0 fully saturated rings. The first-order valence-corrected chi connectivity index (χ1v) is 5.41. The van der Waals surface area contributed by atoms with Crippen LogP contribution in [0.5, 0.6) is 0 Å². The van der Waals surface area contributed by atoms with Gasteiger partial charge in [0, 0.05) is 30.5 Å². The standard InChI is InChI=1S/C12H16N4/c1-9(2)16-11(8-13)7-12(15-16)10-3-5-14-6-4-10/h3-7,9H,8,13H2,1-2H3. The van der Waals surface area contributed by atoms with E-state index in [2.05, 4.69) is 23.9 Å². The molecule has 16 heavy (non-hydrogen) atoms. The average molecular weight is 216 g/mol. The van der Waals surface area contributed by atoms with Crippen molar-refractivity contribution in [1.29, 1.82) is 0 Å². The van der Waals surface area contributed by atoms with Crippen LogP contribution in [0.4, 0.5) is 0 Å². The summed E-state index contributed by atoms with van der Waals surface area (Å²) >= 11 is 0. The van der Waals surface area contributed by atoms with Crippen molar-refractivity contribution in [3.8, 4) is 11.3 Å². The Kier molecular flexibility index (Phi) is 3.01. The summed E-state index contributed by atoms with van der Waals surface area (Å²) in [5.41, 5.74) is 8.79. The zero-order valence-electron chi connectivity index (χ0n) is 9.59. The van der Waals surface area contributed by atoms with E-state index in [1.165, 1.54) is 0 Å². The molecule has 0 atom stereocenters. The van der Waals surface area contributed by atoms with Crippen LogP contribution in [-0.2, 0) is 6.54 Å². The molecule has 2 rings (SSSR count). The zero-order valence-corrected chi connectivity index (χ0v) is 9.59. The molecule has 0 aliphatic heterocycles. The maximum absolute atomic E-state index is 5.71. The minimum atomic E-state index is 0.328. The van der Waals surface area contributed by atoms with E-state index in [9.17, 15) is 0 Å². The Morgan fingerprint density at radius 3 is 2.50 bits per heavy atom. The lowest BCUT2D eigenvalue weighted by Gasteiger charge is -2.08. The molecule has 4 nitrogen and oxygen atoms in total. The largest absolute Gasteiger partial charge is 0.325 e. The van der Waals surface area contributed by atoms with Gasteiger partial charge in [-0.3, -0.25) is 9.67 Å². The normalized spacial score (nSPS) is 11.0. The highest BCUT2D eigenvalue weighted by atomic mass is 15.3. The van der Waals surface area contributed by atoms with Gasteiger partial charge in [0.1, 0.15) is 0 Å². The predicted molar refractivity (Wildman–Crippen MR) is 63.7 cm³/mol. The quantitative estimate of drug-likeness (QED) is 0.853. The molecule has 0 amide bonds. The van der Waals surface area contributed by atoms with Crippen LogP contribution in [-0.4, -0.2) is 14.8 Å². The average Bonchev–Trinajstić information content (AvgIpc) is 2.74. The number of aromatic nitrogens is 3. The molecule has 2 aromatic rings. The van der Waals surface area contributed by atoms with Crippen LogP contribution in [0, 0.1) is 0 Å². The molecule has 0 saturated carbocycles. The van der Waals surface area contributed by atoms with E-state index in [1.807, 2.05) is 22.9 Å². The van der Waals surface area contributed by atoms with Crippen LogP contribution in [0.25, 0.3) is 11.3 Å². The van der Waals surface area contributed by atoms with E-state index in [4.69, 9.17) is 5.73 Å². The van der Waals surface area contributed by atoms with Crippen LogP contribution in [0.15, 0.2) is 30.6 Å². The monoisotopic (exact) mass is 216 g/mol. The van der Waals surface area contributed by atoms with E-state index in [0.717, 1.165) is 17.0 Å². The zero-order chi connectivity index (χ0) is 11.5. The van der Waals surface area contributed by atoms with Gasteiger partial charge in [0.2, 0.25) is 0 Å². The van der Waals surface area contributed by atoms with Crippen LogP contribution in [0.2, 0.25) is 0 Å². The second-order valence-electron chi connectivity index (χ2n) is 4.00.